The van der Waals surface area contributed by atoms with Crippen molar-refractivity contribution in [2.45, 2.75) is 75.8 Å². The number of amides is 4. The van der Waals surface area contributed by atoms with Gasteiger partial charge in [0.2, 0.25) is 11.8 Å². The molecule has 8 aromatic rings. The van der Waals surface area contributed by atoms with Gasteiger partial charge in [0.25, 0.3) is 0 Å². The number of aromatic nitrogens is 8. The zero-order valence-corrected chi connectivity index (χ0v) is 41.3. The van der Waals surface area contributed by atoms with Crippen molar-refractivity contribution in [2.75, 3.05) is 27.3 Å². The lowest BCUT2D eigenvalue weighted by Gasteiger charge is -2.28. The number of likely N-dealkylation sites (tertiary alicyclic amines) is 2. The number of alkyl carbamates (subject to hydrolysis) is 2. The number of H-pyrrole nitrogens is 2. The molecule has 6 heterocycles. The number of carbonyl (C=O) groups excluding carboxylic acids is 4. The fourth-order valence-electron chi connectivity index (χ4n) is 10.0. The molecule has 0 radical (unpaired) electrons. The first kappa shape index (κ1) is 48.8. The molecule has 4 aromatic heterocycles. The summed E-state index contributed by atoms with van der Waals surface area (Å²) < 4.78 is 13.7. The Balaban J connectivity index is 0.767. The van der Waals surface area contributed by atoms with Crippen molar-refractivity contribution < 1.29 is 28.7 Å². The Kier molecular flexibility index (Phi) is 14.7. The fourth-order valence-corrected chi connectivity index (χ4v) is 10.0. The van der Waals surface area contributed by atoms with E-state index in [-0.39, 0.29) is 36.7 Å². The summed E-state index contributed by atoms with van der Waals surface area (Å²) >= 11 is 0. The smallest absolute Gasteiger partial charge is 0.407 e. The highest BCUT2D eigenvalue weighted by Crippen LogP contribution is 2.35. The van der Waals surface area contributed by atoms with E-state index in [1.54, 1.807) is 34.8 Å². The van der Waals surface area contributed by atoms with Crippen LogP contribution in [0, 0.1) is 0 Å². The minimum atomic E-state index is -0.881. The second-order valence-corrected chi connectivity index (χ2v) is 18.7. The molecule has 2 aliphatic heterocycles. The number of rotatable bonds is 17. The summed E-state index contributed by atoms with van der Waals surface area (Å²) in [6.45, 7) is 2.33. The molecule has 18 heteroatoms. The van der Waals surface area contributed by atoms with Gasteiger partial charge in [0.1, 0.15) is 23.7 Å². The highest BCUT2D eigenvalue weighted by Gasteiger charge is 2.38. The van der Waals surface area contributed by atoms with Crippen LogP contribution in [0.5, 0.6) is 0 Å². The van der Waals surface area contributed by atoms with Gasteiger partial charge in [0.05, 0.1) is 74.1 Å². The van der Waals surface area contributed by atoms with Gasteiger partial charge in [0.15, 0.2) is 0 Å². The Hall–Kier alpha value is -8.80. The number of hydrogen-bond donors (Lipinski definition) is 4. The third kappa shape index (κ3) is 11.3. The van der Waals surface area contributed by atoms with E-state index in [1.165, 1.54) is 14.2 Å². The number of nitrogens with one attached hydrogen (secondary N) is 4. The zero-order valence-electron chi connectivity index (χ0n) is 41.3. The first-order valence-corrected chi connectivity index (χ1v) is 24.9. The van der Waals surface area contributed by atoms with Crippen LogP contribution in [0.2, 0.25) is 0 Å². The normalized spacial score (nSPS) is 16.2. The second kappa shape index (κ2) is 22.3. The average Bonchev–Trinajstić information content (AvgIpc) is 4.31. The van der Waals surface area contributed by atoms with Crippen molar-refractivity contribution in [1.82, 2.24) is 59.5 Å². The molecule has 0 saturated carbocycles. The molecular weight excluding hydrogens is 937 g/mol. The van der Waals surface area contributed by atoms with E-state index in [9.17, 15) is 19.2 Å². The predicted octanol–water partition coefficient (Wildman–Crippen LogP) is 7.89. The molecule has 0 spiro atoms. The quantitative estimate of drug-likeness (QED) is 0.0693. The minimum absolute atomic E-state index is 0.205. The lowest BCUT2D eigenvalue weighted by molar-refractivity contribution is -0.135. The van der Waals surface area contributed by atoms with Crippen LogP contribution in [0.15, 0.2) is 147 Å². The van der Waals surface area contributed by atoms with Crippen molar-refractivity contribution >= 4 is 24.0 Å². The molecule has 378 valence electrons. The number of methoxy groups -OCH3 is 2. The van der Waals surface area contributed by atoms with Crippen molar-refractivity contribution in [3.05, 3.63) is 181 Å². The maximum absolute atomic E-state index is 14.2. The predicted molar refractivity (Wildman–Crippen MR) is 276 cm³/mol. The van der Waals surface area contributed by atoms with Crippen LogP contribution < -0.4 is 10.6 Å². The second-order valence-electron chi connectivity index (χ2n) is 18.7. The van der Waals surface area contributed by atoms with Gasteiger partial charge in [-0.3, -0.25) is 9.59 Å². The molecule has 0 bridgehead atoms. The fraction of sp³-hybridized carbons (Fsp3) is 0.286. The number of hydrogen-bond acceptors (Lipinski definition) is 10. The van der Waals surface area contributed by atoms with Gasteiger partial charge >= 0.3 is 12.2 Å². The Labute approximate surface area is 428 Å². The van der Waals surface area contributed by atoms with Crippen LogP contribution in [-0.2, 0) is 45.0 Å². The summed E-state index contributed by atoms with van der Waals surface area (Å²) in [5.41, 5.74) is 9.23. The monoisotopic (exact) mass is 994 g/mol. The Bertz CT molecular complexity index is 2970. The molecule has 10 rings (SSSR count). The Morgan fingerprint density at radius 3 is 1.34 bits per heavy atom. The van der Waals surface area contributed by atoms with Crippen molar-refractivity contribution in [1.29, 1.82) is 0 Å². The summed E-state index contributed by atoms with van der Waals surface area (Å²) in [5, 5.41) is 5.51. The number of nitrogens with zero attached hydrogens (tertiary/aromatic N) is 8. The van der Waals surface area contributed by atoms with Crippen LogP contribution >= 0.6 is 0 Å². The number of imidazole rings is 4. The third-order valence-electron chi connectivity index (χ3n) is 13.8. The molecule has 4 N–H and O–H groups in total. The number of benzene rings is 4. The van der Waals surface area contributed by atoms with Crippen molar-refractivity contribution in [3.63, 3.8) is 0 Å². The van der Waals surface area contributed by atoms with E-state index >= 15 is 0 Å². The first-order chi connectivity index (χ1) is 36.2. The van der Waals surface area contributed by atoms with Crippen LogP contribution in [0.1, 0.15) is 71.9 Å². The molecule has 18 nitrogen and oxygen atoms in total. The Morgan fingerprint density at radius 1 is 0.554 bits per heavy atom. The van der Waals surface area contributed by atoms with Crippen LogP contribution in [0.25, 0.3) is 33.6 Å². The molecular formula is C56H58N12O6. The lowest BCUT2D eigenvalue weighted by atomic mass is 10.0. The molecule has 0 aliphatic carbocycles. The summed E-state index contributed by atoms with van der Waals surface area (Å²) in [7, 11) is 2.56. The summed E-state index contributed by atoms with van der Waals surface area (Å²) in [6, 6.07) is 34.2. The maximum Gasteiger partial charge on any atom is 0.407 e. The number of aromatic amines is 2. The molecule has 2 fully saturated rings. The van der Waals surface area contributed by atoms with Crippen LogP contribution in [-0.4, -0.2) is 112 Å². The van der Waals surface area contributed by atoms with E-state index in [0.29, 0.717) is 49.2 Å². The van der Waals surface area contributed by atoms with Gasteiger partial charge in [-0.15, -0.1) is 0 Å². The summed E-state index contributed by atoms with van der Waals surface area (Å²) in [6.07, 6.45) is 13.0. The topological polar surface area (TPSA) is 210 Å². The molecule has 74 heavy (non-hydrogen) atoms. The molecule has 4 amide bonds. The van der Waals surface area contributed by atoms with Crippen molar-refractivity contribution in [3.8, 4) is 33.6 Å². The number of carbonyl (C=O) groups is 4. The third-order valence-corrected chi connectivity index (χ3v) is 13.8. The van der Waals surface area contributed by atoms with E-state index in [2.05, 4.69) is 54.8 Å². The molecule has 4 aromatic carbocycles. The van der Waals surface area contributed by atoms with E-state index in [1.807, 2.05) is 106 Å². The molecule has 4 atom stereocenters. The van der Waals surface area contributed by atoms with Crippen molar-refractivity contribution in [2.24, 2.45) is 0 Å². The van der Waals surface area contributed by atoms with E-state index < -0.39 is 24.3 Å². The highest BCUT2D eigenvalue weighted by atomic mass is 16.5. The molecule has 2 saturated heterocycles. The van der Waals surface area contributed by atoms with Gasteiger partial charge in [-0.05, 0) is 59.1 Å². The molecule has 0 unspecified atom stereocenters. The molecule has 2 aliphatic rings. The maximum atomic E-state index is 14.2. The standard InChI is InChI=1S/C56H58N12O6/c1-73-55(71)63-45(27-43-33-65(35-59-43)31-37-11-5-3-6-12-37)53(69)67-25-9-15-49(67)51-57-29-47(61-51)41-21-17-39(18-22-41)40-19-23-42(24-20-40)48-30-58-52(62-48)50-16-10-26-68(50)54(70)46(64-56(72)74-2)28-44-34-66(36-60-44)32-38-13-7-4-8-14-38/h3-8,11-14,17-24,29-30,33-36,45-46,49-50H,9-10,15-16,25-28,31-32H2,1-2H3,(H,57,61)(H,58,62)(H,63,71)(H,64,72)/t45-,46-,49-,50-/m0/s1. The highest BCUT2D eigenvalue weighted by molar-refractivity contribution is 5.87. The Morgan fingerprint density at radius 2 is 0.946 bits per heavy atom. The van der Waals surface area contributed by atoms with Gasteiger partial charge < -0.3 is 49.0 Å². The van der Waals surface area contributed by atoms with E-state index in [0.717, 1.165) is 70.5 Å². The van der Waals surface area contributed by atoms with Gasteiger partial charge in [-0.25, -0.2) is 29.5 Å². The zero-order chi connectivity index (χ0) is 51.0. The van der Waals surface area contributed by atoms with Gasteiger partial charge in [-0.2, -0.15) is 0 Å². The van der Waals surface area contributed by atoms with E-state index in [4.69, 9.17) is 19.4 Å². The van der Waals surface area contributed by atoms with Gasteiger partial charge in [0, 0.05) is 51.4 Å². The first-order valence-electron chi connectivity index (χ1n) is 24.9. The SMILES string of the molecule is COC(=O)N[C@@H](Cc1cn(Cc2ccccc2)cn1)C(=O)N1CCC[C@H]1c1ncc(-c2ccc(-c3ccc(-c4cnc([C@@H]5CCCN5C(=O)[C@H](Cc5cn(Cc6ccccc6)cn5)NC(=O)OC)[nH]4)cc3)cc2)[nH]1. The van der Waals surface area contributed by atoms with Crippen LogP contribution in [0.3, 0.4) is 0 Å². The number of ether oxygens (including phenoxy) is 2. The minimum Gasteiger partial charge on any atom is -0.453 e. The lowest BCUT2D eigenvalue weighted by Crippen LogP contribution is -2.49. The van der Waals surface area contributed by atoms with Crippen LogP contribution in [0.4, 0.5) is 9.59 Å². The average molecular weight is 995 g/mol. The summed E-state index contributed by atoms with van der Waals surface area (Å²) in [4.78, 5) is 82.5. The summed E-state index contributed by atoms with van der Waals surface area (Å²) in [5.74, 6) is 0.921. The van der Waals surface area contributed by atoms with Gasteiger partial charge in [-0.1, -0.05) is 109 Å². The largest absolute Gasteiger partial charge is 0.453 e.